The van der Waals surface area contributed by atoms with Crippen molar-refractivity contribution in [2.45, 2.75) is 4.90 Å². The molecule has 2 rings (SSSR count). The van der Waals surface area contributed by atoms with Gasteiger partial charge in [0.25, 0.3) is 10.1 Å². The quantitative estimate of drug-likeness (QED) is 0.815. The molecule has 0 saturated heterocycles. The third-order valence-electron chi connectivity index (χ3n) is 2.06. The molecule has 1 aromatic heterocycles. The lowest BCUT2D eigenvalue weighted by molar-refractivity contribution is 0.483. The fraction of sp³-hybridized carbons (Fsp3) is 0. The second kappa shape index (κ2) is 5.66. The number of halogens is 3. The van der Waals surface area contributed by atoms with Gasteiger partial charge in [0.2, 0.25) is 16.5 Å². The second-order valence-corrected chi connectivity index (χ2v) is 5.94. The highest BCUT2D eigenvalue weighted by Crippen LogP contribution is 2.27. The first kappa shape index (κ1) is 15.2. The molecule has 1 heterocycles. The largest absolute Gasteiger partial charge is 0.323 e. The lowest BCUT2D eigenvalue weighted by Gasteiger charge is -2.08. The van der Waals surface area contributed by atoms with Crippen molar-refractivity contribution in [2.75, 3.05) is 5.32 Å². The molecule has 0 aliphatic rings. The van der Waals surface area contributed by atoms with Crippen LogP contribution in [0.1, 0.15) is 0 Å². The van der Waals surface area contributed by atoms with Crippen LogP contribution in [0.25, 0.3) is 0 Å². The van der Waals surface area contributed by atoms with E-state index in [9.17, 15) is 8.42 Å². The SMILES string of the molecule is O=S(=O)(O)c1ccc(Cl)c(Nc2nc(Cl)nc(Cl)n2)c1. The lowest BCUT2D eigenvalue weighted by atomic mass is 10.3. The Morgan fingerprint density at radius 2 is 1.65 bits per heavy atom. The Morgan fingerprint density at radius 3 is 2.20 bits per heavy atom. The maximum Gasteiger partial charge on any atom is 0.294 e. The third kappa shape index (κ3) is 3.68. The van der Waals surface area contributed by atoms with Crippen LogP contribution in [-0.4, -0.2) is 27.9 Å². The molecule has 7 nitrogen and oxygen atoms in total. The van der Waals surface area contributed by atoms with Crippen molar-refractivity contribution in [2.24, 2.45) is 0 Å². The van der Waals surface area contributed by atoms with Crippen molar-refractivity contribution in [3.63, 3.8) is 0 Å². The third-order valence-corrected chi connectivity index (χ3v) is 3.58. The zero-order valence-corrected chi connectivity index (χ0v) is 12.5. The molecule has 0 saturated carbocycles. The van der Waals surface area contributed by atoms with Gasteiger partial charge in [-0.3, -0.25) is 4.55 Å². The molecule has 0 aliphatic carbocycles. The van der Waals surface area contributed by atoms with Crippen LogP contribution in [0.2, 0.25) is 15.6 Å². The van der Waals surface area contributed by atoms with E-state index in [1.54, 1.807) is 0 Å². The molecule has 2 aromatic rings. The van der Waals surface area contributed by atoms with Gasteiger partial charge in [0, 0.05) is 0 Å². The molecule has 0 atom stereocenters. The van der Waals surface area contributed by atoms with Gasteiger partial charge in [-0.25, -0.2) is 0 Å². The number of nitrogens with zero attached hydrogens (tertiary/aromatic N) is 3. The average molecular weight is 356 g/mol. The molecule has 2 N–H and O–H groups in total. The highest BCUT2D eigenvalue weighted by Gasteiger charge is 2.13. The van der Waals surface area contributed by atoms with Crippen molar-refractivity contribution in [3.8, 4) is 0 Å². The summed E-state index contributed by atoms with van der Waals surface area (Å²) in [6.07, 6.45) is 0. The monoisotopic (exact) mass is 354 g/mol. The number of aromatic nitrogens is 3. The molecule has 0 fully saturated rings. The Bertz CT molecular complexity index is 749. The molecule has 0 bridgehead atoms. The minimum atomic E-state index is -4.35. The fourth-order valence-corrected chi connectivity index (χ4v) is 2.30. The van der Waals surface area contributed by atoms with Crippen LogP contribution in [0.3, 0.4) is 0 Å². The van der Waals surface area contributed by atoms with Crippen molar-refractivity contribution in [1.29, 1.82) is 0 Å². The molecular weight excluding hydrogens is 351 g/mol. The first-order valence-electron chi connectivity index (χ1n) is 4.87. The van der Waals surface area contributed by atoms with Gasteiger partial charge < -0.3 is 5.32 Å². The number of hydrogen-bond donors (Lipinski definition) is 2. The number of benzene rings is 1. The van der Waals surface area contributed by atoms with Gasteiger partial charge in [0.1, 0.15) is 0 Å². The summed E-state index contributed by atoms with van der Waals surface area (Å²) in [7, 11) is -4.35. The molecule has 0 spiro atoms. The van der Waals surface area contributed by atoms with E-state index in [0.717, 1.165) is 12.1 Å². The zero-order chi connectivity index (χ0) is 14.9. The smallest absolute Gasteiger partial charge is 0.294 e. The van der Waals surface area contributed by atoms with Gasteiger partial charge in [-0.15, -0.1) is 0 Å². The van der Waals surface area contributed by atoms with Gasteiger partial charge in [-0.05, 0) is 41.4 Å². The standard InChI is InChI=1S/C9H5Cl3N4O3S/c10-5-2-1-4(20(17,18)19)3-6(5)13-9-15-7(11)14-8(12)16-9/h1-3H,(H,17,18,19)(H,13,14,15,16). The fourth-order valence-electron chi connectivity index (χ4n) is 1.26. The van der Waals surface area contributed by atoms with Gasteiger partial charge in [0.05, 0.1) is 15.6 Å². The maximum atomic E-state index is 11.1. The van der Waals surface area contributed by atoms with Gasteiger partial charge in [-0.2, -0.15) is 23.4 Å². The van der Waals surface area contributed by atoms with E-state index < -0.39 is 10.1 Å². The van der Waals surface area contributed by atoms with E-state index in [2.05, 4.69) is 20.3 Å². The Morgan fingerprint density at radius 1 is 1.05 bits per heavy atom. The van der Waals surface area contributed by atoms with Gasteiger partial charge in [-0.1, -0.05) is 11.6 Å². The molecule has 0 amide bonds. The molecule has 20 heavy (non-hydrogen) atoms. The summed E-state index contributed by atoms with van der Waals surface area (Å²) in [6, 6.07) is 3.55. The van der Waals surface area contributed by atoms with Crippen molar-refractivity contribution < 1.29 is 13.0 Å². The molecule has 106 valence electrons. The van der Waals surface area contributed by atoms with Crippen LogP contribution >= 0.6 is 34.8 Å². The highest BCUT2D eigenvalue weighted by molar-refractivity contribution is 7.85. The predicted molar refractivity (Wildman–Crippen MR) is 74.4 cm³/mol. The number of anilines is 2. The van der Waals surface area contributed by atoms with Crippen LogP contribution in [0.15, 0.2) is 23.1 Å². The first-order chi connectivity index (χ1) is 9.25. The van der Waals surface area contributed by atoms with Crippen LogP contribution in [0, 0.1) is 0 Å². The number of rotatable bonds is 3. The minimum Gasteiger partial charge on any atom is -0.323 e. The summed E-state index contributed by atoms with van der Waals surface area (Å²) in [5.74, 6) is -0.0237. The summed E-state index contributed by atoms with van der Waals surface area (Å²) in [5, 5.41) is 2.53. The molecule has 0 radical (unpaired) electrons. The Kier molecular flexibility index (Phi) is 4.31. The van der Waals surface area contributed by atoms with E-state index in [1.807, 2.05) is 0 Å². The minimum absolute atomic E-state index is 0.0237. The number of nitrogens with one attached hydrogen (secondary N) is 1. The maximum absolute atomic E-state index is 11.1. The average Bonchev–Trinajstić information content (AvgIpc) is 2.29. The molecule has 11 heteroatoms. The van der Waals surface area contributed by atoms with Gasteiger partial charge >= 0.3 is 0 Å². The van der Waals surface area contributed by atoms with Crippen LogP contribution in [-0.2, 0) is 10.1 Å². The Labute approximate surface area is 128 Å². The Balaban J connectivity index is 2.42. The van der Waals surface area contributed by atoms with Crippen LogP contribution < -0.4 is 5.32 Å². The molecular formula is C9H5Cl3N4O3S. The van der Waals surface area contributed by atoms with E-state index in [4.69, 9.17) is 39.4 Å². The zero-order valence-electron chi connectivity index (χ0n) is 9.38. The van der Waals surface area contributed by atoms with E-state index in [-0.39, 0.29) is 32.1 Å². The lowest BCUT2D eigenvalue weighted by Crippen LogP contribution is -2.02. The van der Waals surface area contributed by atoms with E-state index in [1.165, 1.54) is 6.07 Å². The predicted octanol–water partition coefficient (Wildman–Crippen LogP) is 2.82. The molecule has 0 aliphatic heterocycles. The summed E-state index contributed by atoms with van der Waals surface area (Å²) >= 11 is 17.1. The second-order valence-electron chi connectivity index (χ2n) is 3.44. The summed E-state index contributed by atoms with van der Waals surface area (Å²) in [6.45, 7) is 0. The highest BCUT2D eigenvalue weighted by atomic mass is 35.5. The molecule has 1 aromatic carbocycles. The normalized spacial score (nSPS) is 11.4. The van der Waals surface area contributed by atoms with Crippen LogP contribution in [0.4, 0.5) is 11.6 Å². The summed E-state index contributed by atoms with van der Waals surface area (Å²) in [4.78, 5) is 10.7. The van der Waals surface area contributed by atoms with Crippen molar-refractivity contribution in [1.82, 2.24) is 15.0 Å². The first-order valence-corrected chi connectivity index (χ1v) is 7.44. The topological polar surface area (TPSA) is 105 Å². The summed E-state index contributed by atoms with van der Waals surface area (Å²) in [5.41, 5.74) is 0.153. The van der Waals surface area contributed by atoms with Crippen LogP contribution in [0.5, 0.6) is 0 Å². The van der Waals surface area contributed by atoms with E-state index in [0.29, 0.717) is 0 Å². The molecule has 0 unspecified atom stereocenters. The van der Waals surface area contributed by atoms with Crippen molar-refractivity contribution >= 4 is 56.6 Å². The van der Waals surface area contributed by atoms with Gasteiger partial charge in [0.15, 0.2) is 0 Å². The Hall–Kier alpha value is -1.19. The summed E-state index contributed by atoms with van der Waals surface area (Å²) < 4.78 is 31.1. The van der Waals surface area contributed by atoms with E-state index >= 15 is 0 Å². The van der Waals surface area contributed by atoms with Crippen molar-refractivity contribution in [3.05, 3.63) is 33.8 Å². The number of hydrogen-bond acceptors (Lipinski definition) is 6.